The van der Waals surface area contributed by atoms with Crippen LogP contribution >= 0.6 is 0 Å². The molecule has 0 aliphatic carbocycles. The zero-order valence-corrected chi connectivity index (χ0v) is 7.50. The lowest BCUT2D eigenvalue weighted by Gasteiger charge is -2.35. The molecule has 1 aliphatic rings. The van der Waals surface area contributed by atoms with Gasteiger partial charge in [0.25, 0.3) is 0 Å². The van der Waals surface area contributed by atoms with Gasteiger partial charge in [-0.1, -0.05) is 0 Å². The first-order valence-electron chi connectivity index (χ1n) is 3.68. The van der Waals surface area contributed by atoms with Crippen LogP contribution in [0.25, 0.3) is 0 Å². The minimum absolute atomic E-state index is 0.260. The fraction of sp³-hybridized carbons (Fsp3) is 1.00. The van der Waals surface area contributed by atoms with Crippen molar-refractivity contribution in [1.29, 1.82) is 0 Å². The van der Waals surface area contributed by atoms with Gasteiger partial charge >= 0.3 is 0 Å². The van der Waals surface area contributed by atoms with Crippen LogP contribution < -0.4 is 0 Å². The number of hydrogen-bond acceptors (Lipinski definition) is 4. The standard InChI is InChI=1S/C7H16N2O2/c1-6(2)8(3)5-7(10,11)9(6)4/h10-11H,5H2,1-4H3. The number of β-amino-alcohol motifs (C(OH)–C–C–N with tert-alkyl or cyclic N) is 2. The maximum atomic E-state index is 9.41. The fourth-order valence-electron chi connectivity index (χ4n) is 1.31. The summed E-state index contributed by atoms with van der Waals surface area (Å²) in [7, 11) is 3.56. The SMILES string of the molecule is CN1CC(O)(O)N(C)C1(C)C. The molecule has 4 heteroatoms. The molecular weight excluding hydrogens is 144 g/mol. The minimum atomic E-state index is -1.68. The molecule has 4 nitrogen and oxygen atoms in total. The summed E-state index contributed by atoms with van der Waals surface area (Å²) in [6.07, 6.45) is 0. The van der Waals surface area contributed by atoms with Crippen molar-refractivity contribution in [2.45, 2.75) is 25.4 Å². The molecule has 1 heterocycles. The molecule has 2 N–H and O–H groups in total. The van der Waals surface area contributed by atoms with E-state index in [2.05, 4.69) is 0 Å². The Bertz CT molecular complexity index is 168. The zero-order valence-electron chi connectivity index (χ0n) is 7.50. The van der Waals surface area contributed by atoms with Crippen LogP contribution in [0.15, 0.2) is 0 Å². The number of hydrogen-bond donors (Lipinski definition) is 2. The minimum Gasteiger partial charge on any atom is -0.352 e. The fourth-order valence-corrected chi connectivity index (χ4v) is 1.31. The number of aliphatic hydroxyl groups is 2. The van der Waals surface area contributed by atoms with Crippen molar-refractivity contribution in [1.82, 2.24) is 9.80 Å². The lowest BCUT2D eigenvalue weighted by Crippen LogP contribution is -2.51. The molecule has 0 unspecified atom stereocenters. The molecule has 0 bridgehead atoms. The van der Waals surface area contributed by atoms with Crippen LogP contribution in [0, 0.1) is 0 Å². The van der Waals surface area contributed by atoms with Crippen LogP contribution in [-0.2, 0) is 0 Å². The molecule has 66 valence electrons. The summed E-state index contributed by atoms with van der Waals surface area (Å²) in [4.78, 5) is 3.44. The molecule has 0 atom stereocenters. The third kappa shape index (κ3) is 1.16. The third-order valence-electron chi connectivity index (χ3n) is 2.74. The van der Waals surface area contributed by atoms with Gasteiger partial charge in [-0.2, -0.15) is 0 Å². The van der Waals surface area contributed by atoms with Gasteiger partial charge in [0.05, 0.1) is 12.2 Å². The molecule has 0 radical (unpaired) electrons. The third-order valence-corrected chi connectivity index (χ3v) is 2.74. The zero-order chi connectivity index (χ0) is 8.86. The molecule has 1 fully saturated rings. The van der Waals surface area contributed by atoms with Gasteiger partial charge in [0, 0.05) is 0 Å². The lowest BCUT2D eigenvalue weighted by molar-refractivity contribution is -0.242. The molecule has 1 aliphatic heterocycles. The molecule has 0 aromatic heterocycles. The maximum absolute atomic E-state index is 9.41. The Morgan fingerprint density at radius 3 is 1.73 bits per heavy atom. The van der Waals surface area contributed by atoms with Gasteiger partial charge in [-0.05, 0) is 27.9 Å². The summed E-state index contributed by atoms with van der Waals surface area (Å²) in [5.41, 5.74) is -0.288. The summed E-state index contributed by atoms with van der Waals surface area (Å²) in [5.74, 6) is -1.68. The van der Waals surface area contributed by atoms with Gasteiger partial charge in [-0.25, -0.2) is 4.90 Å². The molecule has 0 amide bonds. The molecule has 0 aromatic carbocycles. The Kier molecular flexibility index (Phi) is 1.76. The summed E-state index contributed by atoms with van der Waals surface area (Å²) in [6.45, 7) is 4.15. The predicted octanol–water partition coefficient (Wildman–Crippen LogP) is -0.762. The van der Waals surface area contributed by atoms with E-state index in [1.807, 2.05) is 25.8 Å². The van der Waals surface area contributed by atoms with E-state index in [9.17, 15) is 10.2 Å². The molecule has 1 saturated heterocycles. The van der Waals surface area contributed by atoms with E-state index >= 15 is 0 Å². The van der Waals surface area contributed by atoms with Gasteiger partial charge in [0.2, 0.25) is 5.91 Å². The Morgan fingerprint density at radius 2 is 1.64 bits per heavy atom. The van der Waals surface area contributed by atoms with E-state index in [1.165, 1.54) is 0 Å². The summed E-state index contributed by atoms with van der Waals surface area (Å²) in [6, 6.07) is 0. The topological polar surface area (TPSA) is 46.9 Å². The van der Waals surface area contributed by atoms with E-state index in [0.29, 0.717) is 0 Å². The van der Waals surface area contributed by atoms with Crippen molar-refractivity contribution in [3.8, 4) is 0 Å². The lowest BCUT2D eigenvalue weighted by atomic mass is 10.2. The largest absolute Gasteiger partial charge is 0.352 e. The van der Waals surface area contributed by atoms with Gasteiger partial charge in [0.15, 0.2) is 0 Å². The molecule has 0 saturated carbocycles. The Labute approximate surface area is 67.0 Å². The molecule has 0 aromatic rings. The monoisotopic (exact) mass is 160 g/mol. The average molecular weight is 160 g/mol. The van der Waals surface area contributed by atoms with Crippen LogP contribution in [0.5, 0.6) is 0 Å². The second-order valence-electron chi connectivity index (χ2n) is 3.68. The Hall–Kier alpha value is -0.160. The predicted molar refractivity (Wildman–Crippen MR) is 41.6 cm³/mol. The smallest absolute Gasteiger partial charge is 0.239 e. The highest BCUT2D eigenvalue weighted by Crippen LogP contribution is 2.30. The average Bonchev–Trinajstić information content (AvgIpc) is 1.94. The Morgan fingerprint density at radius 1 is 1.18 bits per heavy atom. The van der Waals surface area contributed by atoms with Gasteiger partial charge in [0.1, 0.15) is 0 Å². The maximum Gasteiger partial charge on any atom is 0.239 e. The van der Waals surface area contributed by atoms with Crippen molar-refractivity contribution in [2.75, 3.05) is 20.6 Å². The highest BCUT2D eigenvalue weighted by molar-refractivity contribution is 4.91. The molecule has 1 rings (SSSR count). The Balaban J connectivity index is 2.89. The van der Waals surface area contributed by atoms with E-state index < -0.39 is 5.91 Å². The highest BCUT2D eigenvalue weighted by atomic mass is 16.5. The molecular formula is C7H16N2O2. The first kappa shape index (κ1) is 8.93. The second kappa shape index (κ2) is 2.17. The van der Waals surface area contributed by atoms with Crippen molar-refractivity contribution >= 4 is 0 Å². The van der Waals surface area contributed by atoms with E-state index in [4.69, 9.17) is 0 Å². The first-order chi connectivity index (χ1) is 4.78. The molecule has 11 heavy (non-hydrogen) atoms. The number of likely N-dealkylation sites (N-methyl/N-ethyl adjacent to an activating group) is 2. The van der Waals surface area contributed by atoms with E-state index in [1.54, 1.807) is 11.9 Å². The van der Waals surface area contributed by atoms with E-state index in [0.717, 1.165) is 0 Å². The quantitative estimate of drug-likeness (QED) is 0.457. The van der Waals surface area contributed by atoms with Crippen molar-refractivity contribution in [3.05, 3.63) is 0 Å². The van der Waals surface area contributed by atoms with Crippen LogP contribution in [-0.4, -0.2) is 52.2 Å². The van der Waals surface area contributed by atoms with Crippen LogP contribution in [0.1, 0.15) is 13.8 Å². The summed E-state index contributed by atoms with van der Waals surface area (Å²) >= 11 is 0. The van der Waals surface area contributed by atoms with Crippen LogP contribution in [0.3, 0.4) is 0 Å². The van der Waals surface area contributed by atoms with E-state index in [-0.39, 0.29) is 12.2 Å². The number of nitrogens with zero attached hydrogens (tertiary/aromatic N) is 2. The number of rotatable bonds is 0. The van der Waals surface area contributed by atoms with Crippen molar-refractivity contribution < 1.29 is 10.2 Å². The van der Waals surface area contributed by atoms with Crippen molar-refractivity contribution in [2.24, 2.45) is 0 Å². The van der Waals surface area contributed by atoms with Crippen LogP contribution in [0.4, 0.5) is 0 Å². The summed E-state index contributed by atoms with van der Waals surface area (Å²) in [5, 5.41) is 18.8. The van der Waals surface area contributed by atoms with Gasteiger partial charge in [-0.15, -0.1) is 0 Å². The first-order valence-corrected chi connectivity index (χ1v) is 3.68. The highest BCUT2D eigenvalue weighted by Gasteiger charge is 2.49. The second-order valence-corrected chi connectivity index (χ2v) is 3.68. The normalized spacial score (nSPS) is 31.1. The summed E-state index contributed by atoms with van der Waals surface area (Å²) < 4.78 is 0. The molecule has 0 spiro atoms. The van der Waals surface area contributed by atoms with Gasteiger partial charge < -0.3 is 10.2 Å². The van der Waals surface area contributed by atoms with Gasteiger partial charge in [-0.3, -0.25) is 4.90 Å². The van der Waals surface area contributed by atoms with Crippen molar-refractivity contribution in [3.63, 3.8) is 0 Å². The van der Waals surface area contributed by atoms with Crippen LogP contribution in [0.2, 0.25) is 0 Å².